The number of carbonyl (C=O) groups is 1. The Morgan fingerprint density at radius 2 is 1.96 bits per heavy atom. The van der Waals surface area contributed by atoms with E-state index in [1.165, 1.54) is 4.88 Å². The number of amides is 1. The van der Waals surface area contributed by atoms with E-state index in [0.717, 1.165) is 37.1 Å². The zero-order valence-corrected chi connectivity index (χ0v) is 17.7. The van der Waals surface area contributed by atoms with Crippen molar-refractivity contribution in [3.05, 3.63) is 44.6 Å². The first kappa shape index (κ1) is 20.4. The van der Waals surface area contributed by atoms with E-state index in [9.17, 15) is 4.79 Å². The van der Waals surface area contributed by atoms with Gasteiger partial charge in [-0.1, -0.05) is 23.2 Å². The lowest BCUT2D eigenvalue weighted by Gasteiger charge is -2.37. The molecule has 1 fully saturated rings. The van der Waals surface area contributed by atoms with E-state index in [2.05, 4.69) is 21.2 Å². The molecule has 0 aliphatic carbocycles. The molecule has 1 N–H and O–H groups in total. The van der Waals surface area contributed by atoms with Gasteiger partial charge in [0, 0.05) is 42.6 Å². The number of nitrogens with one attached hydrogen (secondary N) is 1. The van der Waals surface area contributed by atoms with Crippen molar-refractivity contribution in [3.63, 3.8) is 0 Å². The van der Waals surface area contributed by atoms with Gasteiger partial charge in [0.15, 0.2) is 0 Å². The molecule has 0 saturated carbocycles. The van der Waals surface area contributed by atoms with E-state index in [1.807, 2.05) is 13.0 Å². The van der Waals surface area contributed by atoms with E-state index in [4.69, 9.17) is 27.9 Å². The Balaban J connectivity index is 1.53. The monoisotopic (exact) mass is 427 g/mol. The van der Waals surface area contributed by atoms with Crippen molar-refractivity contribution in [1.82, 2.24) is 9.80 Å². The lowest BCUT2D eigenvalue weighted by Crippen LogP contribution is -2.52. The molecule has 3 rings (SSSR count). The smallest absolute Gasteiger partial charge is 0.241 e. The van der Waals surface area contributed by atoms with Gasteiger partial charge in [-0.3, -0.25) is 14.6 Å². The van der Waals surface area contributed by atoms with Crippen LogP contribution < -0.4 is 10.1 Å². The van der Waals surface area contributed by atoms with E-state index < -0.39 is 0 Å². The summed E-state index contributed by atoms with van der Waals surface area (Å²) < 4.78 is 6.12. The van der Waals surface area contributed by atoms with Gasteiger partial charge in [-0.05, 0) is 37.3 Å². The predicted molar refractivity (Wildman–Crippen MR) is 112 cm³/mol. The molecule has 1 unspecified atom stereocenters. The second-order valence-corrected chi connectivity index (χ2v) is 8.76. The molecule has 0 radical (unpaired) electrons. The van der Waals surface area contributed by atoms with Crippen LogP contribution in [0.25, 0.3) is 0 Å². The fraction of sp³-hybridized carbons (Fsp3) is 0.421. The molecule has 2 aromatic rings. The summed E-state index contributed by atoms with van der Waals surface area (Å²) in [7, 11) is 1.57. The van der Waals surface area contributed by atoms with Crippen LogP contribution in [0.1, 0.15) is 11.8 Å². The zero-order chi connectivity index (χ0) is 19.4. The summed E-state index contributed by atoms with van der Waals surface area (Å²) in [5, 5.41) is 3.49. The zero-order valence-electron chi connectivity index (χ0n) is 15.4. The third kappa shape index (κ3) is 5.36. The van der Waals surface area contributed by atoms with Crippen LogP contribution in [0.5, 0.6) is 5.75 Å². The van der Waals surface area contributed by atoms with Gasteiger partial charge in [0.1, 0.15) is 5.75 Å². The number of piperazine rings is 1. The molecule has 1 aromatic heterocycles. The second-order valence-electron chi connectivity index (χ2n) is 6.53. The van der Waals surface area contributed by atoms with Crippen LogP contribution in [0.2, 0.25) is 9.36 Å². The van der Waals surface area contributed by atoms with Crippen LogP contribution >= 0.6 is 34.5 Å². The summed E-state index contributed by atoms with van der Waals surface area (Å²) >= 11 is 13.7. The van der Waals surface area contributed by atoms with Crippen LogP contribution in [-0.4, -0.2) is 55.0 Å². The molecule has 27 heavy (non-hydrogen) atoms. The predicted octanol–water partition coefficient (Wildman–Crippen LogP) is 4.21. The van der Waals surface area contributed by atoms with Crippen molar-refractivity contribution in [1.29, 1.82) is 0 Å². The third-order valence-electron chi connectivity index (χ3n) is 4.76. The summed E-state index contributed by atoms with van der Waals surface area (Å²) in [6.07, 6.45) is 0. The Bertz CT molecular complexity index is 791. The number of ether oxygens (including phenoxy) is 1. The standard InChI is InChI=1S/C19H23Cl2N3O2S/c1-13(19(25)22-16-11-14(20)3-5-17(16)26-2)24-9-7-23(8-10-24)12-15-4-6-18(21)27-15/h3-6,11,13H,7-10,12H2,1-2H3,(H,22,25). The first-order valence-electron chi connectivity index (χ1n) is 8.81. The molecule has 2 heterocycles. The number of rotatable bonds is 6. The van der Waals surface area contributed by atoms with Crippen molar-refractivity contribution < 1.29 is 9.53 Å². The summed E-state index contributed by atoms with van der Waals surface area (Å²) in [5.74, 6) is 0.536. The summed E-state index contributed by atoms with van der Waals surface area (Å²) in [6, 6.07) is 8.97. The summed E-state index contributed by atoms with van der Waals surface area (Å²) in [4.78, 5) is 18.5. The maximum absolute atomic E-state index is 12.7. The molecule has 1 aliphatic heterocycles. The molecule has 1 aromatic carbocycles. The fourth-order valence-electron chi connectivity index (χ4n) is 3.15. The molecule has 0 bridgehead atoms. The highest BCUT2D eigenvalue weighted by Crippen LogP contribution is 2.28. The van der Waals surface area contributed by atoms with Crippen molar-refractivity contribution in [3.8, 4) is 5.75 Å². The number of nitrogens with zero attached hydrogens (tertiary/aromatic N) is 2. The summed E-state index contributed by atoms with van der Waals surface area (Å²) in [6.45, 7) is 6.38. The van der Waals surface area contributed by atoms with Gasteiger partial charge >= 0.3 is 0 Å². The minimum absolute atomic E-state index is 0.0611. The molecule has 1 saturated heterocycles. The number of hydrogen-bond acceptors (Lipinski definition) is 5. The molecule has 146 valence electrons. The molecular weight excluding hydrogens is 405 g/mol. The Morgan fingerprint density at radius 3 is 2.59 bits per heavy atom. The van der Waals surface area contributed by atoms with Gasteiger partial charge in [-0.15, -0.1) is 11.3 Å². The molecule has 1 atom stereocenters. The summed E-state index contributed by atoms with van der Waals surface area (Å²) in [5.41, 5.74) is 0.593. The second kappa shape index (κ2) is 9.26. The minimum Gasteiger partial charge on any atom is -0.495 e. The Kier molecular flexibility index (Phi) is 7.00. The van der Waals surface area contributed by atoms with Gasteiger partial charge in [0.25, 0.3) is 0 Å². The van der Waals surface area contributed by atoms with Crippen molar-refractivity contribution in [2.24, 2.45) is 0 Å². The molecule has 1 amide bonds. The Hall–Kier alpha value is -1.31. The van der Waals surface area contributed by atoms with Crippen molar-refractivity contribution in [2.75, 3.05) is 38.6 Å². The SMILES string of the molecule is COc1ccc(Cl)cc1NC(=O)C(C)N1CCN(Cc2ccc(Cl)s2)CC1. The Morgan fingerprint density at radius 1 is 1.22 bits per heavy atom. The number of anilines is 1. The maximum Gasteiger partial charge on any atom is 0.241 e. The maximum atomic E-state index is 12.7. The third-order valence-corrected chi connectivity index (χ3v) is 6.21. The van der Waals surface area contributed by atoms with Gasteiger partial charge in [0.05, 0.1) is 23.2 Å². The van der Waals surface area contributed by atoms with E-state index in [-0.39, 0.29) is 11.9 Å². The van der Waals surface area contributed by atoms with Crippen molar-refractivity contribution in [2.45, 2.75) is 19.5 Å². The fourth-order valence-corrected chi connectivity index (χ4v) is 4.45. The number of carbonyl (C=O) groups excluding carboxylic acids is 1. The first-order valence-corrected chi connectivity index (χ1v) is 10.4. The van der Waals surface area contributed by atoms with E-state index >= 15 is 0 Å². The van der Waals surface area contributed by atoms with Crippen LogP contribution in [0, 0.1) is 0 Å². The van der Waals surface area contributed by atoms with Gasteiger partial charge in [0.2, 0.25) is 5.91 Å². The first-order chi connectivity index (χ1) is 13.0. The normalized spacial score (nSPS) is 16.9. The van der Waals surface area contributed by atoms with Crippen LogP contribution in [-0.2, 0) is 11.3 Å². The highest BCUT2D eigenvalue weighted by atomic mass is 35.5. The molecule has 1 aliphatic rings. The van der Waals surface area contributed by atoms with Crippen molar-refractivity contribution >= 4 is 46.1 Å². The number of hydrogen-bond donors (Lipinski definition) is 1. The van der Waals surface area contributed by atoms with Gasteiger partial charge in [-0.25, -0.2) is 0 Å². The average Bonchev–Trinajstić information content (AvgIpc) is 3.06. The average molecular weight is 428 g/mol. The minimum atomic E-state index is -0.230. The van der Waals surface area contributed by atoms with Gasteiger partial charge in [-0.2, -0.15) is 0 Å². The molecule has 0 spiro atoms. The largest absolute Gasteiger partial charge is 0.495 e. The quantitative estimate of drug-likeness (QED) is 0.749. The highest BCUT2D eigenvalue weighted by Gasteiger charge is 2.26. The molecular formula is C19H23Cl2N3O2S. The van der Waals surface area contributed by atoms with E-state index in [0.29, 0.717) is 16.5 Å². The number of benzene rings is 1. The number of methoxy groups -OCH3 is 1. The highest BCUT2D eigenvalue weighted by molar-refractivity contribution is 7.16. The lowest BCUT2D eigenvalue weighted by molar-refractivity contribution is -0.121. The number of halogens is 2. The topological polar surface area (TPSA) is 44.8 Å². The van der Waals surface area contributed by atoms with Gasteiger partial charge < -0.3 is 10.1 Å². The van der Waals surface area contributed by atoms with Crippen LogP contribution in [0.15, 0.2) is 30.3 Å². The van der Waals surface area contributed by atoms with Crippen LogP contribution in [0.4, 0.5) is 5.69 Å². The van der Waals surface area contributed by atoms with E-state index in [1.54, 1.807) is 36.6 Å². The Labute approximate surface area is 173 Å². The number of thiophene rings is 1. The lowest BCUT2D eigenvalue weighted by atomic mass is 10.2. The van der Waals surface area contributed by atoms with Crippen LogP contribution in [0.3, 0.4) is 0 Å². The molecule has 8 heteroatoms. The molecule has 5 nitrogen and oxygen atoms in total.